The molecule has 116 valence electrons. The molecule has 0 amide bonds. The predicted octanol–water partition coefficient (Wildman–Crippen LogP) is 3.61. The van der Waals surface area contributed by atoms with Gasteiger partial charge in [-0.25, -0.2) is 0 Å². The quantitative estimate of drug-likeness (QED) is 0.294. The summed E-state index contributed by atoms with van der Waals surface area (Å²) in [5, 5.41) is 0. The summed E-state index contributed by atoms with van der Waals surface area (Å²) in [6.45, 7) is 2.98. The molecule has 0 aromatic rings. The first-order valence-electron chi connectivity index (χ1n) is 7.77. The summed E-state index contributed by atoms with van der Waals surface area (Å²) >= 11 is 0. The van der Waals surface area contributed by atoms with Crippen LogP contribution in [0.1, 0.15) is 78.1 Å². The molecule has 0 aromatic carbocycles. The molecule has 0 bridgehead atoms. The molecular weight excluding hydrogens is 256 g/mol. The number of carbonyl (C=O) groups is 3. The first-order valence-corrected chi connectivity index (χ1v) is 7.77. The Balaban J connectivity index is 3.31. The SMILES string of the molecule is CCCCCCCCCCCC(=O)OCC(=O)C(C)=O. The van der Waals surface area contributed by atoms with Crippen molar-refractivity contribution in [2.75, 3.05) is 6.61 Å². The third-order valence-electron chi connectivity index (χ3n) is 3.24. The van der Waals surface area contributed by atoms with Crippen molar-refractivity contribution in [3.8, 4) is 0 Å². The van der Waals surface area contributed by atoms with Crippen LogP contribution in [0.3, 0.4) is 0 Å². The Morgan fingerprint density at radius 1 is 0.800 bits per heavy atom. The van der Waals surface area contributed by atoms with Crippen molar-refractivity contribution in [1.82, 2.24) is 0 Å². The summed E-state index contributed by atoms with van der Waals surface area (Å²) in [6, 6.07) is 0. The third kappa shape index (κ3) is 11.9. The van der Waals surface area contributed by atoms with Gasteiger partial charge in [0, 0.05) is 13.3 Å². The second-order valence-electron chi connectivity index (χ2n) is 5.22. The van der Waals surface area contributed by atoms with E-state index in [2.05, 4.69) is 6.92 Å². The maximum Gasteiger partial charge on any atom is 0.306 e. The van der Waals surface area contributed by atoms with Crippen LogP contribution in [0.5, 0.6) is 0 Å². The third-order valence-corrected chi connectivity index (χ3v) is 3.24. The number of hydrogen-bond donors (Lipinski definition) is 0. The molecule has 0 radical (unpaired) electrons. The van der Waals surface area contributed by atoms with Crippen LogP contribution in [0.15, 0.2) is 0 Å². The smallest absolute Gasteiger partial charge is 0.306 e. The Morgan fingerprint density at radius 2 is 1.30 bits per heavy atom. The first-order chi connectivity index (χ1) is 9.57. The highest BCUT2D eigenvalue weighted by Crippen LogP contribution is 2.10. The van der Waals surface area contributed by atoms with Crippen LogP contribution in [-0.2, 0) is 19.1 Å². The molecule has 0 aliphatic heterocycles. The fourth-order valence-electron chi connectivity index (χ4n) is 1.90. The van der Waals surface area contributed by atoms with E-state index in [1.807, 2.05) is 0 Å². The van der Waals surface area contributed by atoms with Crippen molar-refractivity contribution in [1.29, 1.82) is 0 Å². The predicted molar refractivity (Wildman–Crippen MR) is 78.5 cm³/mol. The lowest BCUT2D eigenvalue weighted by atomic mass is 10.1. The highest BCUT2D eigenvalue weighted by atomic mass is 16.5. The van der Waals surface area contributed by atoms with Gasteiger partial charge in [0.15, 0.2) is 12.4 Å². The summed E-state index contributed by atoms with van der Waals surface area (Å²) in [4.78, 5) is 32.9. The molecule has 0 spiro atoms. The van der Waals surface area contributed by atoms with Crippen molar-refractivity contribution in [2.24, 2.45) is 0 Å². The van der Waals surface area contributed by atoms with E-state index in [-0.39, 0.29) is 5.97 Å². The average Bonchev–Trinajstić information content (AvgIpc) is 2.42. The number of unbranched alkanes of at least 4 members (excludes halogenated alkanes) is 8. The molecule has 0 aliphatic carbocycles. The highest BCUT2D eigenvalue weighted by Gasteiger charge is 2.10. The van der Waals surface area contributed by atoms with Crippen molar-refractivity contribution in [3.63, 3.8) is 0 Å². The fraction of sp³-hybridized carbons (Fsp3) is 0.812. The summed E-state index contributed by atoms with van der Waals surface area (Å²) in [5.41, 5.74) is 0. The van der Waals surface area contributed by atoms with Crippen LogP contribution >= 0.6 is 0 Å². The van der Waals surface area contributed by atoms with Gasteiger partial charge < -0.3 is 4.74 Å². The summed E-state index contributed by atoms with van der Waals surface area (Å²) in [7, 11) is 0. The molecule has 0 aromatic heterocycles. The molecule has 0 rings (SSSR count). The van der Waals surface area contributed by atoms with Gasteiger partial charge in [0.2, 0.25) is 5.78 Å². The molecule has 0 atom stereocenters. The number of hydrogen-bond acceptors (Lipinski definition) is 4. The summed E-state index contributed by atoms with van der Waals surface area (Å²) in [6.07, 6.45) is 11.0. The van der Waals surface area contributed by atoms with Crippen LogP contribution in [-0.4, -0.2) is 24.1 Å². The van der Waals surface area contributed by atoms with E-state index in [0.29, 0.717) is 6.42 Å². The van der Waals surface area contributed by atoms with Gasteiger partial charge in [0.05, 0.1) is 0 Å². The number of esters is 1. The number of carbonyl (C=O) groups excluding carboxylic acids is 3. The van der Waals surface area contributed by atoms with E-state index < -0.39 is 18.2 Å². The number of ketones is 2. The van der Waals surface area contributed by atoms with Gasteiger partial charge in [-0.3, -0.25) is 14.4 Å². The van der Waals surface area contributed by atoms with Crippen LogP contribution < -0.4 is 0 Å². The molecular formula is C16H28O4. The molecule has 0 heterocycles. The summed E-state index contributed by atoms with van der Waals surface area (Å²) < 4.78 is 4.73. The Morgan fingerprint density at radius 3 is 1.80 bits per heavy atom. The van der Waals surface area contributed by atoms with Crippen molar-refractivity contribution >= 4 is 17.5 Å². The summed E-state index contributed by atoms with van der Waals surface area (Å²) in [5.74, 6) is -1.60. The average molecular weight is 284 g/mol. The highest BCUT2D eigenvalue weighted by molar-refractivity contribution is 6.36. The van der Waals surface area contributed by atoms with Gasteiger partial charge >= 0.3 is 5.97 Å². The molecule has 0 aliphatic rings. The van der Waals surface area contributed by atoms with Crippen LogP contribution in [0.4, 0.5) is 0 Å². The number of ether oxygens (including phenoxy) is 1. The van der Waals surface area contributed by atoms with Crippen LogP contribution in [0, 0.1) is 0 Å². The zero-order valence-electron chi connectivity index (χ0n) is 12.9. The van der Waals surface area contributed by atoms with E-state index in [0.717, 1.165) is 19.3 Å². The van der Waals surface area contributed by atoms with E-state index >= 15 is 0 Å². The lowest BCUT2D eigenvalue weighted by Gasteiger charge is -2.03. The molecule has 0 saturated heterocycles. The van der Waals surface area contributed by atoms with E-state index in [1.165, 1.54) is 45.4 Å². The second kappa shape index (κ2) is 12.8. The minimum atomic E-state index is -0.648. The van der Waals surface area contributed by atoms with Gasteiger partial charge in [0.1, 0.15) is 0 Å². The van der Waals surface area contributed by atoms with E-state index in [9.17, 15) is 14.4 Å². The maximum absolute atomic E-state index is 11.3. The van der Waals surface area contributed by atoms with Gasteiger partial charge in [-0.05, 0) is 6.42 Å². The number of Topliss-reactive ketones (excluding diaryl/α,β-unsaturated/α-hetero) is 2. The van der Waals surface area contributed by atoms with Crippen molar-refractivity contribution in [2.45, 2.75) is 78.1 Å². The van der Waals surface area contributed by atoms with Crippen LogP contribution in [0.2, 0.25) is 0 Å². The lowest BCUT2D eigenvalue weighted by Crippen LogP contribution is -2.19. The topological polar surface area (TPSA) is 60.4 Å². The van der Waals surface area contributed by atoms with E-state index in [1.54, 1.807) is 0 Å². The molecule has 0 N–H and O–H groups in total. The molecule has 20 heavy (non-hydrogen) atoms. The second-order valence-corrected chi connectivity index (χ2v) is 5.22. The molecule has 4 nitrogen and oxygen atoms in total. The standard InChI is InChI=1S/C16H28O4/c1-3-4-5-6-7-8-9-10-11-12-16(19)20-13-15(18)14(2)17/h3-13H2,1-2H3. The van der Waals surface area contributed by atoms with Crippen molar-refractivity contribution in [3.05, 3.63) is 0 Å². The Kier molecular flexibility index (Phi) is 12.1. The Bertz CT molecular complexity index is 297. The van der Waals surface area contributed by atoms with Gasteiger partial charge in [0.25, 0.3) is 0 Å². The zero-order valence-corrected chi connectivity index (χ0v) is 12.9. The van der Waals surface area contributed by atoms with Gasteiger partial charge in [-0.15, -0.1) is 0 Å². The fourth-order valence-corrected chi connectivity index (χ4v) is 1.90. The molecule has 0 saturated carbocycles. The Labute approximate surface area is 122 Å². The van der Waals surface area contributed by atoms with Gasteiger partial charge in [-0.2, -0.15) is 0 Å². The minimum absolute atomic E-state index is 0.334. The molecule has 0 unspecified atom stereocenters. The molecule has 0 fully saturated rings. The monoisotopic (exact) mass is 284 g/mol. The first kappa shape index (κ1) is 18.8. The lowest BCUT2D eigenvalue weighted by molar-refractivity contribution is -0.150. The zero-order chi connectivity index (χ0) is 15.2. The largest absolute Gasteiger partial charge is 0.457 e. The van der Waals surface area contributed by atoms with E-state index in [4.69, 9.17) is 4.74 Å². The van der Waals surface area contributed by atoms with Crippen molar-refractivity contribution < 1.29 is 19.1 Å². The van der Waals surface area contributed by atoms with Crippen LogP contribution in [0.25, 0.3) is 0 Å². The Hall–Kier alpha value is -1.19. The number of rotatable bonds is 13. The normalized spacial score (nSPS) is 10.3. The maximum atomic E-state index is 11.3. The van der Waals surface area contributed by atoms with Gasteiger partial charge in [-0.1, -0.05) is 58.3 Å². The molecule has 4 heteroatoms. The minimum Gasteiger partial charge on any atom is -0.457 e.